The maximum absolute atomic E-state index is 12.6. The van der Waals surface area contributed by atoms with Gasteiger partial charge in [0.25, 0.3) is 5.91 Å². The van der Waals surface area contributed by atoms with E-state index in [0.717, 1.165) is 43.7 Å². The first-order valence-electron chi connectivity index (χ1n) is 8.32. The van der Waals surface area contributed by atoms with Crippen LogP contribution < -0.4 is 10.5 Å². The Kier molecular flexibility index (Phi) is 7.86. The van der Waals surface area contributed by atoms with Crippen LogP contribution in [0, 0.1) is 5.92 Å². The summed E-state index contributed by atoms with van der Waals surface area (Å²) < 4.78 is 5.75. The zero-order valence-corrected chi connectivity index (χ0v) is 15.1. The summed E-state index contributed by atoms with van der Waals surface area (Å²) in [7, 11) is 0. The molecule has 1 saturated heterocycles. The van der Waals surface area contributed by atoms with Crippen LogP contribution in [0.1, 0.15) is 50.4 Å². The number of benzene rings is 1. The molecule has 3 unspecified atom stereocenters. The topological polar surface area (TPSA) is 55.6 Å². The average molecular weight is 341 g/mol. The lowest BCUT2D eigenvalue weighted by molar-refractivity contribution is 0.0661. The molecule has 1 aliphatic heterocycles. The van der Waals surface area contributed by atoms with Gasteiger partial charge in [0.1, 0.15) is 5.75 Å². The number of nitrogens with two attached hydrogens (primary N) is 1. The lowest BCUT2D eigenvalue weighted by Gasteiger charge is -2.34. The molecule has 1 aromatic carbocycles. The van der Waals surface area contributed by atoms with Crippen LogP contribution in [0.25, 0.3) is 0 Å². The molecule has 0 aromatic heterocycles. The van der Waals surface area contributed by atoms with Crippen LogP contribution in [0.3, 0.4) is 0 Å². The van der Waals surface area contributed by atoms with Crippen LogP contribution >= 0.6 is 12.4 Å². The number of halogens is 1. The van der Waals surface area contributed by atoms with Gasteiger partial charge in [-0.3, -0.25) is 4.79 Å². The molecule has 1 amide bonds. The Hall–Kier alpha value is -1.26. The molecule has 1 fully saturated rings. The van der Waals surface area contributed by atoms with Gasteiger partial charge in [0.05, 0.1) is 6.10 Å². The number of piperidine rings is 1. The van der Waals surface area contributed by atoms with Crippen molar-refractivity contribution < 1.29 is 9.53 Å². The summed E-state index contributed by atoms with van der Waals surface area (Å²) in [4.78, 5) is 14.5. The van der Waals surface area contributed by atoms with E-state index in [2.05, 4.69) is 6.92 Å². The Balaban J connectivity index is 0.00000264. The second kappa shape index (κ2) is 9.14. The van der Waals surface area contributed by atoms with Crippen molar-refractivity contribution in [1.82, 2.24) is 4.90 Å². The SMILES string of the molecule is CCC(C)Oc1ccc(C(=O)N2CCCC(C(C)N)C2)cc1.Cl. The van der Waals surface area contributed by atoms with Crippen LogP contribution in [0.15, 0.2) is 24.3 Å². The fraction of sp³-hybridized carbons (Fsp3) is 0.611. The normalized spacial score (nSPS) is 20.3. The molecule has 0 bridgehead atoms. The third-order valence-electron chi connectivity index (χ3n) is 4.50. The van der Waals surface area contributed by atoms with E-state index >= 15 is 0 Å². The van der Waals surface area contributed by atoms with Gasteiger partial charge < -0.3 is 15.4 Å². The number of ether oxygens (including phenoxy) is 1. The van der Waals surface area contributed by atoms with Crippen molar-refractivity contribution in [3.63, 3.8) is 0 Å². The van der Waals surface area contributed by atoms with Crippen molar-refractivity contribution in [2.75, 3.05) is 13.1 Å². The maximum Gasteiger partial charge on any atom is 0.253 e. The first-order valence-corrected chi connectivity index (χ1v) is 8.32. The molecule has 3 atom stereocenters. The number of hydrogen-bond donors (Lipinski definition) is 1. The number of nitrogens with zero attached hydrogens (tertiary/aromatic N) is 1. The number of likely N-dealkylation sites (tertiary alicyclic amines) is 1. The summed E-state index contributed by atoms with van der Waals surface area (Å²) >= 11 is 0. The molecule has 23 heavy (non-hydrogen) atoms. The Morgan fingerprint density at radius 1 is 1.35 bits per heavy atom. The summed E-state index contributed by atoms with van der Waals surface area (Å²) in [6, 6.07) is 7.62. The van der Waals surface area contributed by atoms with E-state index < -0.39 is 0 Å². The van der Waals surface area contributed by atoms with Crippen molar-refractivity contribution in [2.24, 2.45) is 11.7 Å². The van der Waals surface area contributed by atoms with Crippen molar-refractivity contribution in [3.8, 4) is 5.75 Å². The summed E-state index contributed by atoms with van der Waals surface area (Å²) in [5, 5.41) is 0. The largest absolute Gasteiger partial charge is 0.491 e. The third-order valence-corrected chi connectivity index (χ3v) is 4.50. The van der Waals surface area contributed by atoms with E-state index in [-0.39, 0.29) is 30.5 Å². The Bertz CT molecular complexity index is 490. The highest BCUT2D eigenvalue weighted by atomic mass is 35.5. The van der Waals surface area contributed by atoms with E-state index in [9.17, 15) is 4.79 Å². The predicted molar refractivity (Wildman–Crippen MR) is 96.3 cm³/mol. The van der Waals surface area contributed by atoms with E-state index in [1.165, 1.54) is 0 Å². The fourth-order valence-electron chi connectivity index (χ4n) is 2.80. The molecule has 0 saturated carbocycles. The molecule has 5 heteroatoms. The van der Waals surface area contributed by atoms with Gasteiger partial charge in [0.2, 0.25) is 0 Å². The minimum Gasteiger partial charge on any atom is -0.491 e. The molecule has 0 spiro atoms. The van der Waals surface area contributed by atoms with Gasteiger partial charge in [-0.25, -0.2) is 0 Å². The molecule has 4 nitrogen and oxygen atoms in total. The Morgan fingerprint density at radius 2 is 2.00 bits per heavy atom. The van der Waals surface area contributed by atoms with Crippen LogP contribution in [-0.2, 0) is 0 Å². The zero-order valence-electron chi connectivity index (χ0n) is 14.3. The number of carbonyl (C=O) groups excluding carboxylic acids is 1. The standard InChI is InChI=1S/C18H28N2O2.ClH/c1-4-13(2)22-17-9-7-15(8-10-17)18(21)20-11-5-6-16(12-20)14(3)19;/h7-10,13-14,16H,4-6,11-12,19H2,1-3H3;1H. The van der Waals surface area contributed by atoms with E-state index in [1.807, 2.05) is 43.0 Å². The van der Waals surface area contributed by atoms with Crippen molar-refractivity contribution in [1.29, 1.82) is 0 Å². The molecular formula is C18H29ClN2O2. The summed E-state index contributed by atoms with van der Waals surface area (Å²) in [6.07, 6.45) is 3.30. The molecule has 2 N–H and O–H groups in total. The van der Waals surface area contributed by atoms with Gasteiger partial charge in [-0.15, -0.1) is 12.4 Å². The highest BCUT2D eigenvalue weighted by molar-refractivity contribution is 5.94. The zero-order chi connectivity index (χ0) is 16.1. The van der Waals surface area contributed by atoms with Gasteiger partial charge in [-0.2, -0.15) is 0 Å². The van der Waals surface area contributed by atoms with Crippen LogP contribution in [0.2, 0.25) is 0 Å². The number of carbonyl (C=O) groups is 1. The maximum atomic E-state index is 12.6. The molecule has 130 valence electrons. The highest BCUT2D eigenvalue weighted by Crippen LogP contribution is 2.22. The number of rotatable bonds is 5. The van der Waals surface area contributed by atoms with E-state index in [4.69, 9.17) is 10.5 Å². The molecule has 1 aromatic rings. The highest BCUT2D eigenvalue weighted by Gasteiger charge is 2.26. The lowest BCUT2D eigenvalue weighted by atomic mass is 9.92. The van der Waals surface area contributed by atoms with Gasteiger partial charge >= 0.3 is 0 Å². The molecule has 1 aliphatic rings. The fourth-order valence-corrected chi connectivity index (χ4v) is 2.80. The Morgan fingerprint density at radius 3 is 2.57 bits per heavy atom. The lowest BCUT2D eigenvalue weighted by Crippen LogP contribution is -2.45. The van der Waals surface area contributed by atoms with E-state index in [1.54, 1.807) is 0 Å². The van der Waals surface area contributed by atoms with E-state index in [0.29, 0.717) is 5.92 Å². The Labute approximate surface area is 145 Å². The molecule has 0 aliphatic carbocycles. The van der Waals surface area contributed by atoms with Gasteiger partial charge in [-0.05, 0) is 63.3 Å². The first kappa shape index (κ1) is 19.8. The second-order valence-corrected chi connectivity index (χ2v) is 6.37. The smallest absolute Gasteiger partial charge is 0.253 e. The van der Waals surface area contributed by atoms with Crippen molar-refractivity contribution in [3.05, 3.63) is 29.8 Å². The van der Waals surface area contributed by atoms with Crippen LogP contribution in [-0.4, -0.2) is 36.0 Å². The third kappa shape index (κ3) is 5.40. The minimum absolute atomic E-state index is 0. The van der Waals surface area contributed by atoms with Crippen molar-refractivity contribution >= 4 is 18.3 Å². The van der Waals surface area contributed by atoms with Crippen LogP contribution in [0.5, 0.6) is 5.75 Å². The van der Waals surface area contributed by atoms with Gasteiger partial charge in [0, 0.05) is 24.7 Å². The molecule has 2 rings (SSSR count). The summed E-state index contributed by atoms with van der Waals surface area (Å²) in [5.74, 6) is 1.32. The number of amides is 1. The quantitative estimate of drug-likeness (QED) is 0.892. The summed E-state index contributed by atoms with van der Waals surface area (Å²) in [5.41, 5.74) is 6.72. The molecular weight excluding hydrogens is 312 g/mol. The second-order valence-electron chi connectivity index (χ2n) is 6.37. The predicted octanol–water partition coefficient (Wildman–Crippen LogP) is 3.49. The molecule has 0 radical (unpaired) electrons. The van der Waals surface area contributed by atoms with Gasteiger partial charge in [-0.1, -0.05) is 6.92 Å². The van der Waals surface area contributed by atoms with Crippen molar-refractivity contribution in [2.45, 2.75) is 52.2 Å². The minimum atomic E-state index is 0. The average Bonchev–Trinajstić information content (AvgIpc) is 2.55. The molecule has 1 heterocycles. The van der Waals surface area contributed by atoms with Gasteiger partial charge in [0.15, 0.2) is 0 Å². The summed E-state index contributed by atoms with van der Waals surface area (Å²) in [6.45, 7) is 7.75. The van der Waals surface area contributed by atoms with Crippen LogP contribution in [0.4, 0.5) is 0 Å². The first-order chi connectivity index (χ1) is 10.5. The monoisotopic (exact) mass is 340 g/mol. The number of hydrogen-bond acceptors (Lipinski definition) is 3.